The summed E-state index contributed by atoms with van der Waals surface area (Å²) in [6.45, 7) is 12.6. The molecule has 4 heterocycles. The second kappa shape index (κ2) is 18.4. The van der Waals surface area contributed by atoms with Crippen molar-refractivity contribution in [1.29, 1.82) is 0 Å². The Balaban J connectivity index is 1.44. The van der Waals surface area contributed by atoms with E-state index in [0.717, 1.165) is 16.5 Å². The van der Waals surface area contributed by atoms with Crippen LogP contribution in [-0.4, -0.2) is 126 Å². The fourth-order valence-corrected chi connectivity index (χ4v) is 8.86. The minimum atomic E-state index is -1.27. The third kappa shape index (κ3) is 9.11. The van der Waals surface area contributed by atoms with Gasteiger partial charge in [0.25, 0.3) is 0 Å². The lowest BCUT2D eigenvalue weighted by molar-refractivity contribution is -0.295. The number of hydrogen-bond donors (Lipinski definition) is 2. The van der Waals surface area contributed by atoms with Gasteiger partial charge < -0.3 is 33.7 Å². The van der Waals surface area contributed by atoms with Crippen LogP contribution >= 0.6 is 0 Å². The third-order valence-electron chi connectivity index (χ3n) is 12.2. The second-order valence-electron chi connectivity index (χ2n) is 16.4. The molecule has 3 saturated heterocycles. The molecule has 13 atom stereocenters. The van der Waals surface area contributed by atoms with E-state index in [1.54, 1.807) is 40.8 Å². The number of methoxy groups -OCH3 is 1. The third-order valence-corrected chi connectivity index (χ3v) is 12.2. The van der Waals surface area contributed by atoms with E-state index in [2.05, 4.69) is 10.4 Å². The van der Waals surface area contributed by atoms with E-state index in [1.165, 1.54) is 19.0 Å². The molecular formula is C42H62N4O10. The number of aliphatic hydroxyl groups excluding tert-OH is 1. The summed E-state index contributed by atoms with van der Waals surface area (Å²) in [7, 11) is 5.23. The summed E-state index contributed by atoms with van der Waals surface area (Å²) in [6, 6.07) is 8.81. The van der Waals surface area contributed by atoms with E-state index < -0.39 is 83.9 Å². The number of nitrogens with one attached hydrogen (secondary N) is 1. The first kappa shape index (κ1) is 43.6. The molecule has 14 heteroatoms. The van der Waals surface area contributed by atoms with E-state index in [0.29, 0.717) is 25.8 Å². The number of aryl methyl sites for hydroxylation is 1. The highest BCUT2D eigenvalue weighted by Gasteiger charge is 2.54. The van der Waals surface area contributed by atoms with Crippen LogP contribution in [0.5, 0.6) is 0 Å². The molecule has 2 aromatic rings. The van der Waals surface area contributed by atoms with Crippen molar-refractivity contribution >= 4 is 34.5 Å². The maximum atomic E-state index is 14.6. The Morgan fingerprint density at radius 1 is 1.02 bits per heavy atom. The lowest BCUT2D eigenvalue weighted by Gasteiger charge is -2.46. The minimum Gasteiger partial charge on any atom is -0.458 e. The number of carbonyl (C=O) groups excluding carboxylic acids is 4. The first-order valence-corrected chi connectivity index (χ1v) is 20.1. The van der Waals surface area contributed by atoms with Gasteiger partial charge in [0.1, 0.15) is 30.0 Å². The van der Waals surface area contributed by atoms with Gasteiger partial charge in [0, 0.05) is 49.0 Å². The quantitative estimate of drug-likeness (QED) is 0.197. The van der Waals surface area contributed by atoms with Crippen LogP contribution in [0, 0.1) is 23.7 Å². The van der Waals surface area contributed by atoms with E-state index in [-0.39, 0.29) is 30.8 Å². The number of carbonyl (C=O) groups is 4. The number of ketones is 2. The molecule has 1 amide bonds. The predicted octanol–water partition coefficient (Wildman–Crippen LogP) is 4.49. The zero-order chi connectivity index (χ0) is 41.1. The highest BCUT2D eigenvalue weighted by Crippen LogP contribution is 2.39. The summed E-state index contributed by atoms with van der Waals surface area (Å²) in [5.41, 5.74) is 4.01. The summed E-state index contributed by atoms with van der Waals surface area (Å²) in [5.74, 6) is -4.99. The summed E-state index contributed by atoms with van der Waals surface area (Å²) < 4.78 is 30.8. The first-order chi connectivity index (χ1) is 26.5. The number of cyclic esters (lactones) is 1. The number of aromatic nitrogens is 1. The number of amides is 1. The van der Waals surface area contributed by atoms with Crippen molar-refractivity contribution < 1.29 is 48.0 Å². The van der Waals surface area contributed by atoms with Gasteiger partial charge in [0.2, 0.25) is 0 Å². The molecule has 0 saturated carbocycles. The molecule has 2 N–H and O–H groups in total. The van der Waals surface area contributed by atoms with E-state index in [4.69, 9.17) is 23.7 Å². The van der Waals surface area contributed by atoms with Crippen LogP contribution in [-0.2, 0) is 44.5 Å². The number of ether oxygens (including phenoxy) is 5. The molecule has 5 rings (SSSR count). The second-order valence-corrected chi connectivity index (χ2v) is 16.4. The molecule has 1 aromatic carbocycles. The Labute approximate surface area is 330 Å². The number of rotatable bonds is 10. The standard InChI is InChI=1S/C42H62N4O10/c1-11-32-37-33(46(41(51)55-37)44-19-14-15-28-18-20-43-30-17-13-12-16-29(28)30)25(4)34(47)23(2)22-42(7,52-10)38(26(5)35(48)27(6)39(50)54-32)56-40-36(49)31(45(8)9)21-24(3)53-40/h12-13,16-18,20,23-27,31-33,36-38,40,44,49H,11,14-15,19,21-22H2,1-10H3/t23-,24-,25-,26+,27-,31+,32-,33-,36-,37?,38-,40?,42-/m1/s1. The normalized spacial score (nSPS) is 36.3. The fourth-order valence-electron chi connectivity index (χ4n) is 8.86. The average molecular weight is 783 g/mol. The van der Waals surface area contributed by atoms with Gasteiger partial charge in [-0.1, -0.05) is 45.9 Å². The number of Topliss-reactive ketones (excluding diaryl/α,β-unsaturated/α-hetero) is 2. The Kier molecular flexibility index (Phi) is 14.3. The number of nitrogens with zero attached hydrogens (tertiary/aromatic N) is 3. The van der Waals surface area contributed by atoms with E-state index in [9.17, 15) is 24.3 Å². The molecule has 3 fully saturated rings. The number of benzene rings is 1. The number of para-hydroxylation sites is 1. The number of pyridine rings is 1. The van der Waals surface area contributed by atoms with E-state index >= 15 is 0 Å². The van der Waals surface area contributed by atoms with Gasteiger partial charge in [-0.05, 0) is 84.7 Å². The lowest BCUT2D eigenvalue weighted by atomic mass is 9.75. The summed E-state index contributed by atoms with van der Waals surface area (Å²) >= 11 is 0. The fraction of sp³-hybridized carbons (Fsp3) is 0.690. The average Bonchev–Trinajstić information content (AvgIpc) is 3.51. The van der Waals surface area contributed by atoms with Crippen LogP contribution < -0.4 is 5.43 Å². The van der Waals surface area contributed by atoms with Crippen molar-refractivity contribution in [3.63, 3.8) is 0 Å². The van der Waals surface area contributed by atoms with Crippen LogP contribution in [0.2, 0.25) is 0 Å². The Morgan fingerprint density at radius 2 is 1.73 bits per heavy atom. The summed E-state index contributed by atoms with van der Waals surface area (Å²) in [6.07, 6.45) is -1.93. The summed E-state index contributed by atoms with van der Waals surface area (Å²) in [5, 5.41) is 13.8. The van der Waals surface area contributed by atoms with Gasteiger partial charge >= 0.3 is 12.1 Å². The monoisotopic (exact) mass is 782 g/mol. The molecule has 310 valence electrons. The zero-order valence-corrected chi connectivity index (χ0v) is 34.6. The molecule has 0 bridgehead atoms. The smallest absolute Gasteiger partial charge is 0.425 e. The van der Waals surface area contributed by atoms with Crippen molar-refractivity contribution in [1.82, 2.24) is 20.3 Å². The van der Waals surface area contributed by atoms with Gasteiger partial charge in [-0.2, -0.15) is 0 Å². The molecular weight excluding hydrogens is 720 g/mol. The number of hydrazine groups is 1. The maximum Gasteiger partial charge on any atom is 0.425 e. The molecule has 0 spiro atoms. The molecule has 0 aliphatic carbocycles. The van der Waals surface area contributed by atoms with Gasteiger partial charge in [-0.25, -0.2) is 15.2 Å². The topological polar surface area (TPSA) is 166 Å². The van der Waals surface area contributed by atoms with Crippen LogP contribution in [0.3, 0.4) is 0 Å². The number of esters is 1. The highest BCUT2D eigenvalue weighted by molar-refractivity contribution is 6.00. The van der Waals surface area contributed by atoms with Crippen molar-refractivity contribution in [2.75, 3.05) is 27.7 Å². The maximum absolute atomic E-state index is 14.6. The largest absolute Gasteiger partial charge is 0.458 e. The van der Waals surface area contributed by atoms with E-state index in [1.807, 2.05) is 56.3 Å². The van der Waals surface area contributed by atoms with Crippen LogP contribution in [0.15, 0.2) is 36.5 Å². The number of hydrogen-bond acceptors (Lipinski definition) is 13. The molecule has 1 aromatic heterocycles. The highest BCUT2D eigenvalue weighted by atomic mass is 16.7. The zero-order valence-electron chi connectivity index (χ0n) is 34.6. The first-order valence-electron chi connectivity index (χ1n) is 20.1. The van der Waals surface area contributed by atoms with Gasteiger partial charge in [0.15, 0.2) is 18.2 Å². The van der Waals surface area contributed by atoms with Crippen molar-refractivity contribution in [2.24, 2.45) is 23.7 Å². The van der Waals surface area contributed by atoms with Gasteiger partial charge in [-0.15, -0.1) is 0 Å². The molecule has 0 radical (unpaired) electrons. The Hall–Kier alpha value is -3.53. The summed E-state index contributed by atoms with van der Waals surface area (Å²) in [4.78, 5) is 62.6. The van der Waals surface area contributed by atoms with Crippen molar-refractivity contribution in [3.05, 3.63) is 42.1 Å². The van der Waals surface area contributed by atoms with Crippen LogP contribution in [0.1, 0.15) is 79.7 Å². The molecule has 2 unspecified atom stereocenters. The molecule has 3 aliphatic heterocycles. The van der Waals surface area contributed by atoms with Crippen molar-refractivity contribution in [2.45, 2.75) is 135 Å². The molecule has 56 heavy (non-hydrogen) atoms. The van der Waals surface area contributed by atoms with Crippen molar-refractivity contribution in [3.8, 4) is 0 Å². The van der Waals surface area contributed by atoms with Gasteiger partial charge in [0.05, 0.1) is 23.3 Å². The number of aliphatic hydroxyl groups is 1. The predicted molar refractivity (Wildman–Crippen MR) is 208 cm³/mol. The van der Waals surface area contributed by atoms with Crippen LogP contribution in [0.25, 0.3) is 10.9 Å². The SMILES string of the molecule is CC[C@H]1OC(=O)[C@H](C)C(=O)[C@H](C)[C@@H](OC2O[C@H](C)C[C@H](N(C)C)[C@H]2O)[C@](C)(OC)C[C@@H](C)C(=O)[C@H](C)[C@@H]2C1OC(=O)N2NCCCc1ccnc2ccccc12. The minimum absolute atomic E-state index is 0.125. The molecule has 3 aliphatic rings. The Morgan fingerprint density at radius 3 is 2.41 bits per heavy atom. The number of likely N-dealkylation sites (N-methyl/N-ethyl adjacent to an activating group) is 1. The molecule has 14 nitrogen and oxygen atoms in total. The van der Waals surface area contributed by atoms with Crippen LogP contribution in [0.4, 0.5) is 4.79 Å². The van der Waals surface area contributed by atoms with Gasteiger partial charge in [-0.3, -0.25) is 19.4 Å². The Bertz CT molecular complexity index is 1700. The number of fused-ring (bicyclic) bond motifs is 2. The lowest BCUT2D eigenvalue weighted by Crippen LogP contribution is -2.59.